The number of fused-ring (bicyclic) bond motifs is 5. The first-order valence-corrected chi connectivity index (χ1v) is 8.87. The lowest BCUT2D eigenvalue weighted by molar-refractivity contribution is -0.148. The third-order valence-electron chi connectivity index (χ3n) is 8.07. The number of aliphatic hydroxyl groups excluding tert-OH is 1. The first-order valence-electron chi connectivity index (χ1n) is 8.87. The van der Waals surface area contributed by atoms with Crippen LogP contribution in [-0.4, -0.2) is 17.0 Å². The molecule has 0 saturated heterocycles. The first kappa shape index (κ1) is 14.0. The zero-order valence-corrected chi connectivity index (χ0v) is 13.3. The van der Waals surface area contributed by atoms with E-state index in [1.54, 1.807) is 0 Å². The third kappa shape index (κ3) is 1.66. The number of allylic oxidation sites excluding steroid dienone is 2. The van der Waals surface area contributed by atoms with Gasteiger partial charge in [0.1, 0.15) is 0 Å². The van der Waals surface area contributed by atoms with Gasteiger partial charge in [-0.05, 0) is 80.1 Å². The SMILES string of the molecule is C[C@]12CC[C@H]3[C@@H](CCC4CC=CC(=O)[C@@]43C)[C@@H]1CC[C@@H]2O. The Kier molecular flexibility index (Phi) is 2.96. The molecule has 116 valence electrons. The van der Waals surface area contributed by atoms with Gasteiger partial charge in [-0.25, -0.2) is 0 Å². The minimum absolute atomic E-state index is 0.115. The maximum Gasteiger partial charge on any atom is 0.161 e. The number of hydrogen-bond acceptors (Lipinski definition) is 2. The van der Waals surface area contributed by atoms with E-state index < -0.39 is 0 Å². The van der Waals surface area contributed by atoms with E-state index in [1.807, 2.05) is 6.08 Å². The molecule has 1 N–H and O–H groups in total. The highest BCUT2D eigenvalue weighted by molar-refractivity contribution is 5.96. The van der Waals surface area contributed by atoms with E-state index in [0.29, 0.717) is 29.5 Å². The quantitative estimate of drug-likeness (QED) is 0.737. The van der Waals surface area contributed by atoms with Gasteiger partial charge in [-0.15, -0.1) is 0 Å². The standard InChI is InChI=1S/C19H28O2/c1-18-11-10-15-13(14(18)8-9-16(18)20)7-6-12-4-3-5-17(21)19(12,15)2/h3,5,12-16,20H,4,6-11H2,1-2H3/t12?,13-,14-,15-,16-,18-,19-/m0/s1. The fraction of sp³-hybridized carbons (Fsp3) is 0.842. The summed E-state index contributed by atoms with van der Waals surface area (Å²) in [6.07, 6.45) is 11.8. The van der Waals surface area contributed by atoms with Crippen LogP contribution in [0.15, 0.2) is 12.2 Å². The van der Waals surface area contributed by atoms with Crippen molar-refractivity contribution in [2.75, 3.05) is 0 Å². The van der Waals surface area contributed by atoms with Crippen LogP contribution in [0.2, 0.25) is 0 Å². The summed E-state index contributed by atoms with van der Waals surface area (Å²) in [5.74, 6) is 2.81. The molecule has 0 heterocycles. The Balaban J connectivity index is 1.71. The molecule has 21 heavy (non-hydrogen) atoms. The Morgan fingerprint density at radius 1 is 1.10 bits per heavy atom. The number of rotatable bonds is 0. The topological polar surface area (TPSA) is 37.3 Å². The van der Waals surface area contributed by atoms with Gasteiger partial charge in [0, 0.05) is 5.41 Å². The molecule has 1 unspecified atom stereocenters. The summed E-state index contributed by atoms with van der Waals surface area (Å²) in [5, 5.41) is 10.4. The van der Waals surface area contributed by atoms with Gasteiger partial charge >= 0.3 is 0 Å². The molecule has 2 nitrogen and oxygen atoms in total. The Morgan fingerprint density at radius 2 is 1.90 bits per heavy atom. The van der Waals surface area contributed by atoms with Crippen molar-refractivity contribution >= 4 is 5.78 Å². The number of aliphatic hydroxyl groups is 1. The fourth-order valence-corrected chi connectivity index (χ4v) is 6.67. The van der Waals surface area contributed by atoms with E-state index in [1.165, 1.54) is 19.3 Å². The normalized spacial score (nSPS) is 55.8. The molecule has 3 saturated carbocycles. The van der Waals surface area contributed by atoms with E-state index in [9.17, 15) is 9.90 Å². The molecule has 0 amide bonds. The number of carbonyl (C=O) groups is 1. The minimum atomic E-state index is -0.119. The van der Waals surface area contributed by atoms with Crippen LogP contribution in [0.5, 0.6) is 0 Å². The Bertz CT molecular complexity index is 496. The van der Waals surface area contributed by atoms with E-state index in [0.717, 1.165) is 25.7 Å². The monoisotopic (exact) mass is 288 g/mol. The van der Waals surface area contributed by atoms with Crippen LogP contribution in [0, 0.1) is 34.5 Å². The van der Waals surface area contributed by atoms with Crippen molar-refractivity contribution in [2.24, 2.45) is 34.5 Å². The number of carbonyl (C=O) groups excluding carboxylic acids is 1. The van der Waals surface area contributed by atoms with E-state index in [4.69, 9.17) is 0 Å². The molecule has 2 heteroatoms. The van der Waals surface area contributed by atoms with Gasteiger partial charge in [-0.2, -0.15) is 0 Å². The minimum Gasteiger partial charge on any atom is -0.393 e. The number of hydrogen-bond donors (Lipinski definition) is 1. The second-order valence-electron chi connectivity index (χ2n) is 8.57. The molecular weight excluding hydrogens is 260 g/mol. The summed E-state index contributed by atoms with van der Waals surface area (Å²) in [6.45, 7) is 4.57. The van der Waals surface area contributed by atoms with Gasteiger partial charge < -0.3 is 5.11 Å². The summed E-state index contributed by atoms with van der Waals surface area (Å²) in [7, 11) is 0. The van der Waals surface area contributed by atoms with Crippen molar-refractivity contribution in [3.8, 4) is 0 Å². The van der Waals surface area contributed by atoms with E-state index in [-0.39, 0.29) is 16.9 Å². The average Bonchev–Trinajstić information content (AvgIpc) is 2.76. The van der Waals surface area contributed by atoms with Gasteiger partial charge in [0.25, 0.3) is 0 Å². The lowest BCUT2D eigenvalue weighted by Crippen LogP contribution is -2.55. The van der Waals surface area contributed by atoms with Gasteiger partial charge in [-0.1, -0.05) is 19.9 Å². The fourth-order valence-electron chi connectivity index (χ4n) is 6.67. The van der Waals surface area contributed by atoms with Crippen LogP contribution in [0.25, 0.3) is 0 Å². The Hall–Kier alpha value is -0.630. The molecule has 0 spiro atoms. The zero-order chi connectivity index (χ0) is 14.8. The Labute approximate surface area is 128 Å². The van der Waals surface area contributed by atoms with Gasteiger partial charge in [0.15, 0.2) is 5.78 Å². The maximum absolute atomic E-state index is 12.7. The molecular formula is C19H28O2. The maximum atomic E-state index is 12.7. The molecule has 0 aromatic heterocycles. The van der Waals surface area contributed by atoms with Crippen molar-refractivity contribution in [1.29, 1.82) is 0 Å². The third-order valence-corrected chi connectivity index (χ3v) is 8.07. The molecule has 0 aromatic carbocycles. The molecule has 4 rings (SSSR count). The van der Waals surface area contributed by atoms with Crippen LogP contribution in [-0.2, 0) is 4.79 Å². The molecule has 0 aromatic rings. The number of ketones is 1. The lowest BCUT2D eigenvalue weighted by Gasteiger charge is -2.58. The average molecular weight is 288 g/mol. The molecule has 0 radical (unpaired) electrons. The first-order chi connectivity index (χ1) is 9.98. The van der Waals surface area contributed by atoms with Crippen molar-refractivity contribution in [1.82, 2.24) is 0 Å². The van der Waals surface area contributed by atoms with Gasteiger partial charge in [0.2, 0.25) is 0 Å². The predicted octanol–water partition coefficient (Wildman–Crippen LogP) is 3.74. The highest BCUT2D eigenvalue weighted by atomic mass is 16.3. The molecule has 0 aliphatic heterocycles. The van der Waals surface area contributed by atoms with Crippen molar-refractivity contribution in [3.63, 3.8) is 0 Å². The van der Waals surface area contributed by atoms with Gasteiger partial charge in [0.05, 0.1) is 6.10 Å². The largest absolute Gasteiger partial charge is 0.393 e. The van der Waals surface area contributed by atoms with Crippen LogP contribution in [0.3, 0.4) is 0 Å². The summed E-state index contributed by atoms with van der Waals surface area (Å²) in [4.78, 5) is 12.7. The summed E-state index contributed by atoms with van der Waals surface area (Å²) in [6, 6.07) is 0. The zero-order valence-electron chi connectivity index (χ0n) is 13.3. The molecule has 4 aliphatic carbocycles. The lowest BCUT2D eigenvalue weighted by atomic mass is 9.45. The highest BCUT2D eigenvalue weighted by Gasteiger charge is 2.61. The van der Waals surface area contributed by atoms with E-state index in [2.05, 4.69) is 19.9 Å². The van der Waals surface area contributed by atoms with Crippen LogP contribution in [0.4, 0.5) is 0 Å². The predicted molar refractivity (Wildman–Crippen MR) is 82.6 cm³/mol. The van der Waals surface area contributed by atoms with Crippen molar-refractivity contribution < 1.29 is 9.90 Å². The summed E-state index contributed by atoms with van der Waals surface area (Å²) >= 11 is 0. The summed E-state index contributed by atoms with van der Waals surface area (Å²) < 4.78 is 0. The molecule has 4 aliphatic rings. The summed E-state index contributed by atoms with van der Waals surface area (Å²) in [5.41, 5.74) is 0.00442. The van der Waals surface area contributed by atoms with Crippen LogP contribution < -0.4 is 0 Å². The molecule has 3 fully saturated rings. The Morgan fingerprint density at radius 3 is 2.71 bits per heavy atom. The van der Waals surface area contributed by atoms with Crippen LogP contribution in [0.1, 0.15) is 58.8 Å². The second kappa shape index (κ2) is 4.44. The highest BCUT2D eigenvalue weighted by Crippen LogP contribution is 2.64. The van der Waals surface area contributed by atoms with Crippen LogP contribution >= 0.6 is 0 Å². The van der Waals surface area contributed by atoms with Crippen molar-refractivity contribution in [3.05, 3.63) is 12.2 Å². The van der Waals surface area contributed by atoms with Gasteiger partial charge in [-0.3, -0.25) is 4.79 Å². The molecule has 7 atom stereocenters. The smallest absolute Gasteiger partial charge is 0.161 e. The van der Waals surface area contributed by atoms with E-state index >= 15 is 0 Å². The second-order valence-corrected chi connectivity index (χ2v) is 8.57. The molecule has 0 bridgehead atoms. The van der Waals surface area contributed by atoms with Crippen molar-refractivity contribution in [2.45, 2.75) is 64.9 Å².